The molecule has 0 aliphatic heterocycles. The molecule has 0 aliphatic rings. The molecule has 1 atom stereocenters. The van der Waals surface area contributed by atoms with Gasteiger partial charge in [0.05, 0.1) is 51.8 Å². The Morgan fingerprint density at radius 2 is 1.54 bits per heavy atom. The molecule has 0 bridgehead atoms. The van der Waals surface area contributed by atoms with Crippen molar-refractivity contribution in [2.24, 2.45) is 17.2 Å². The van der Waals surface area contributed by atoms with E-state index in [0.717, 1.165) is 5.56 Å². The molecule has 0 fully saturated rings. The molecule has 188 valence electrons. The second-order valence-corrected chi connectivity index (χ2v) is 7.10. The molecule has 0 radical (unpaired) electrons. The van der Waals surface area contributed by atoms with Gasteiger partial charge in [-0.25, -0.2) is 0 Å². The van der Waals surface area contributed by atoms with Gasteiger partial charge in [-0.05, 0) is 47.9 Å². The summed E-state index contributed by atoms with van der Waals surface area (Å²) < 4.78 is 21.1. The van der Waals surface area contributed by atoms with Crippen LogP contribution < -0.4 is 41.9 Å². The Bertz CT molecular complexity index is 1090. The van der Waals surface area contributed by atoms with Gasteiger partial charge in [0.2, 0.25) is 17.6 Å². The molecule has 2 rings (SSSR count). The molecular weight excluding hydrogens is 454 g/mol. The van der Waals surface area contributed by atoms with E-state index in [1.165, 1.54) is 21.3 Å². The minimum atomic E-state index is -0.757. The third-order valence-electron chi connectivity index (χ3n) is 4.73. The first-order chi connectivity index (χ1) is 16.6. The molecule has 0 heterocycles. The summed E-state index contributed by atoms with van der Waals surface area (Å²) in [6.07, 6.45) is 2.06. The van der Waals surface area contributed by atoms with E-state index in [1.54, 1.807) is 37.5 Å². The molecule has 0 saturated heterocycles. The van der Waals surface area contributed by atoms with Gasteiger partial charge in [-0.15, -0.1) is 0 Å². The molecular formula is C24H31N5O6. The summed E-state index contributed by atoms with van der Waals surface area (Å²) in [7, 11) is 6.14. The number of nitrogens with two attached hydrogens (primary N) is 4. The minimum Gasteiger partial charge on any atom is -0.495 e. The molecule has 8 N–H and O–H groups in total. The van der Waals surface area contributed by atoms with Crippen molar-refractivity contribution in [3.8, 4) is 29.1 Å². The predicted molar refractivity (Wildman–Crippen MR) is 133 cm³/mol. The summed E-state index contributed by atoms with van der Waals surface area (Å²) in [6.45, 7) is 0. The monoisotopic (exact) mass is 485 g/mol. The van der Waals surface area contributed by atoms with Crippen LogP contribution in [0.4, 0.5) is 5.69 Å². The number of allylic oxidation sites excluding steroid dienone is 1. The van der Waals surface area contributed by atoms with Crippen molar-refractivity contribution in [2.45, 2.75) is 18.9 Å². The summed E-state index contributed by atoms with van der Waals surface area (Å²) in [4.78, 5) is 20.4. The zero-order valence-corrected chi connectivity index (χ0v) is 20.2. The number of amides is 2. The number of anilines is 1. The Kier molecular flexibility index (Phi) is 11.4. The number of carbonyl (C=O) groups is 2. The maximum atomic E-state index is 10.3. The standard InChI is InChI=1S/C19H20N2O4.C5H11N3O2/c1-22-16-6-5-12(8-15(16)21)7-14(11-20)13-9-17(23-2)19(25-4)18(10-13)24-3;6-3(5(8)10)1-2-4(7)9/h5-10H,21H2,1-4H3;3H,1-2,6H2,(H2,7,9)(H2,8,10)/b14-7-;/t;3-/m.1/s1. The van der Waals surface area contributed by atoms with Gasteiger partial charge < -0.3 is 41.9 Å². The first kappa shape index (κ1) is 28.6. The van der Waals surface area contributed by atoms with Crippen molar-refractivity contribution < 1.29 is 28.5 Å². The molecule has 2 aromatic rings. The molecule has 0 spiro atoms. The number of hydrogen-bond acceptors (Lipinski definition) is 9. The van der Waals surface area contributed by atoms with Crippen LogP contribution in [-0.2, 0) is 9.59 Å². The zero-order valence-electron chi connectivity index (χ0n) is 20.2. The quantitative estimate of drug-likeness (QED) is 0.218. The topological polar surface area (TPSA) is 199 Å². The number of nitrogen functional groups attached to an aromatic ring is 1. The lowest BCUT2D eigenvalue weighted by Gasteiger charge is -2.14. The molecule has 35 heavy (non-hydrogen) atoms. The van der Waals surface area contributed by atoms with Crippen molar-refractivity contribution in [1.29, 1.82) is 5.26 Å². The van der Waals surface area contributed by atoms with Gasteiger partial charge in [-0.1, -0.05) is 6.07 Å². The van der Waals surface area contributed by atoms with E-state index in [4.69, 9.17) is 41.9 Å². The second-order valence-electron chi connectivity index (χ2n) is 7.10. The van der Waals surface area contributed by atoms with Crippen LogP contribution >= 0.6 is 0 Å². The molecule has 0 saturated carbocycles. The highest BCUT2D eigenvalue weighted by Gasteiger charge is 2.15. The SMILES string of the molecule is COc1ccc(/C=C(/C#N)c2cc(OC)c(OC)c(OC)c2)cc1N.NC(=O)CC[C@@H](N)C(N)=O. The second kappa shape index (κ2) is 14.0. The lowest BCUT2D eigenvalue weighted by Crippen LogP contribution is -2.37. The summed E-state index contributed by atoms with van der Waals surface area (Å²) in [5, 5.41) is 9.58. The number of nitrogens with zero attached hydrogens (tertiary/aromatic N) is 1. The van der Waals surface area contributed by atoms with Crippen molar-refractivity contribution in [3.05, 3.63) is 41.5 Å². The number of primary amides is 2. The van der Waals surface area contributed by atoms with E-state index in [1.807, 2.05) is 6.07 Å². The van der Waals surface area contributed by atoms with Gasteiger partial charge in [-0.2, -0.15) is 5.26 Å². The fourth-order valence-electron chi connectivity index (χ4n) is 2.87. The number of nitriles is 1. The highest BCUT2D eigenvalue weighted by atomic mass is 16.5. The van der Waals surface area contributed by atoms with Crippen molar-refractivity contribution in [1.82, 2.24) is 0 Å². The van der Waals surface area contributed by atoms with Gasteiger partial charge in [0, 0.05) is 6.42 Å². The smallest absolute Gasteiger partial charge is 0.234 e. The van der Waals surface area contributed by atoms with Gasteiger partial charge in [-0.3, -0.25) is 9.59 Å². The summed E-state index contributed by atoms with van der Waals surface area (Å²) in [5.74, 6) is 0.931. The van der Waals surface area contributed by atoms with E-state index in [0.29, 0.717) is 39.8 Å². The van der Waals surface area contributed by atoms with Crippen LogP contribution in [0, 0.1) is 11.3 Å². The van der Waals surface area contributed by atoms with Gasteiger partial charge >= 0.3 is 0 Å². The Morgan fingerprint density at radius 3 is 1.94 bits per heavy atom. The third kappa shape index (κ3) is 8.45. The van der Waals surface area contributed by atoms with Crippen LogP contribution in [0.15, 0.2) is 30.3 Å². The molecule has 0 unspecified atom stereocenters. The largest absolute Gasteiger partial charge is 0.495 e. The Morgan fingerprint density at radius 1 is 0.971 bits per heavy atom. The van der Waals surface area contributed by atoms with E-state index in [-0.39, 0.29) is 12.8 Å². The first-order valence-electron chi connectivity index (χ1n) is 10.3. The van der Waals surface area contributed by atoms with Crippen LogP contribution in [0.3, 0.4) is 0 Å². The van der Waals surface area contributed by atoms with E-state index in [9.17, 15) is 14.9 Å². The Labute approximate surface area is 204 Å². The summed E-state index contributed by atoms with van der Waals surface area (Å²) in [6, 6.07) is 10.2. The van der Waals surface area contributed by atoms with Crippen molar-refractivity contribution >= 4 is 29.2 Å². The predicted octanol–water partition coefficient (Wildman–Crippen LogP) is 1.43. The zero-order chi connectivity index (χ0) is 26.5. The molecule has 2 aromatic carbocycles. The van der Waals surface area contributed by atoms with Crippen LogP contribution in [-0.4, -0.2) is 46.3 Å². The maximum Gasteiger partial charge on any atom is 0.234 e. The molecule has 11 nitrogen and oxygen atoms in total. The molecule has 0 aromatic heterocycles. The van der Waals surface area contributed by atoms with Crippen molar-refractivity contribution in [2.75, 3.05) is 34.2 Å². The van der Waals surface area contributed by atoms with Crippen LogP contribution in [0.1, 0.15) is 24.0 Å². The average Bonchev–Trinajstić information content (AvgIpc) is 2.85. The van der Waals surface area contributed by atoms with Crippen LogP contribution in [0.2, 0.25) is 0 Å². The molecule has 2 amide bonds. The van der Waals surface area contributed by atoms with Gasteiger partial charge in [0.25, 0.3) is 0 Å². The highest BCUT2D eigenvalue weighted by Crippen LogP contribution is 2.40. The number of ether oxygens (including phenoxy) is 4. The number of hydrogen-bond donors (Lipinski definition) is 4. The lowest BCUT2D eigenvalue weighted by atomic mass is 10.0. The Hall–Kier alpha value is -4.43. The first-order valence-corrected chi connectivity index (χ1v) is 10.3. The molecule has 0 aliphatic carbocycles. The number of benzene rings is 2. The highest BCUT2D eigenvalue weighted by molar-refractivity contribution is 5.91. The van der Waals surface area contributed by atoms with Crippen LogP contribution in [0.25, 0.3) is 11.6 Å². The van der Waals surface area contributed by atoms with E-state index >= 15 is 0 Å². The van der Waals surface area contributed by atoms with Crippen molar-refractivity contribution in [3.63, 3.8) is 0 Å². The molecule has 11 heteroatoms. The third-order valence-corrected chi connectivity index (χ3v) is 4.73. The minimum absolute atomic E-state index is 0.101. The van der Waals surface area contributed by atoms with Gasteiger partial charge in [0.15, 0.2) is 11.5 Å². The van der Waals surface area contributed by atoms with E-state index in [2.05, 4.69) is 6.07 Å². The van der Waals surface area contributed by atoms with Crippen LogP contribution in [0.5, 0.6) is 23.0 Å². The number of rotatable bonds is 10. The normalized spacial score (nSPS) is 11.3. The average molecular weight is 486 g/mol. The summed E-state index contributed by atoms with van der Waals surface area (Å²) in [5.41, 5.74) is 23.1. The Balaban J connectivity index is 0.000000518. The fourth-order valence-corrected chi connectivity index (χ4v) is 2.87. The number of carbonyl (C=O) groups excluding carboxylic acids is 2. The van der Waals surface area contributed by atoms with E-state index < -0.39 is 17.9 Å². The fraction of sp³-hybridized carbons (Fsp3) is 0.292. The number of methoxy groups -OCH3 is 4. The summed E-state index contributed by atoms with van der Waals surface area (Å²) >= 11 is 0. The lowest BCUT2D eigenvalue weighted by molar-refractivity contribution is -0.120. The maximum absolute atomic E-state index is 10.3. The van der Waals surface area contributed by atoms with Gasteiger partial charge in [0.1, 0.15) is 5.75 Å².